The first kappa shape index (κ1) is 25.0. The van der Waals surface area contributed by atoms with Gasteiger partial charge < -0.3 is 5.32 Å². The first-order chi connectivity index (χ1) is 16.0. The van der Waals surface area contributed by atoms with Gasteiger partial charge in [-0.3, -0.25) is 4.79 Å². The number of hydrazone groups is 1. The van der Waals surface area contributed by atoms with Gasteiger partial charge in [0.15, 0.2) is 0 Å². The summed E-state index contributed by atoms with van der Waals surface area (Å²) < 4.78 is 0. The van der Waals surface area contributed by atoms with E-state index in [9.17, 15) is 4.79 Å². The number of carbonyl (C=O) groups is 1. The largest absolute Gasteiger partial charge is 0.321 e. The first-order valence-electron chi connectivity index (χ1n) is 12.6. The molecule has 5 nitrogen and oxygen atoms in total. The minimum Gasteiger partial charge on any atom is -0.321 e. The summed E-state index contributed by atoms with van der Waals surface area (Å²) in [5.41, 5.74) is 4.70. The molecule has 2 aliphatic rings. The second-order valence-electron chi connectivity index (χ2n) is 9.46. The molecule has 0 aliphatic heterocycles. The summed E-state index contributed by atoms with van der Waals surface area (Å²) in [6, 6.07) is 15.6. The average Bonchev–Trinajstić information content (AvgIpc) is 3.06. The van der Waals surface area contributed by atoms with Crippen molar-refractivity contribution in [3.05, 3.63) is 59.7 Å². The van der Waals surface area contributed by atoms with Crippen LogP contribution in [0.3, 0.4) is 0 Å². The number of hydrazine groups is 1. The average molecular weight is 449 g/mol. The maximum atomic E-state index is 12.6. The van der Waals surface area contributed by atoms with E-state index in [-0.39, 0.29) is 5.91 Å². The van der Waals surface area contributed by atoms with Crippen LogP contribution in [0.1, 0.15) is 76.8 Å². The van der Waals surface area contributed by atoms with Gasteiger partial charge in [-0.2, -0.15) is 10.2 Å². The zero-order chi connectivity index (χ0) is 23.6. The molecule has 0 saturated heterocycles. The molecule has 0 heterocycles. The standard InChI is InChI=1S/C21H26N4O.C7H14/c1-2-20(24-25(22)19-11-7-4-8-12-19)21(26)23-18-14-13-16-9-5-3-6-10-17(16)15-18;1-6-4-3-5-7(6)2/h4,7-8,11-15H,2-3,5-6,9-10,22H2,1H3,(H,23,26);6-7H,3-5H2,1-2H3/b24-20+;. The minimum absolute atomic E-state index is 0.215. The summed E-state index contributed by atoms with van der Waals surface area (Å²) in [4.78, 5) is 12.6. The van der Waals surface area contributed by atoms with Gasteiger partial charge in [0.05, 0.1) is 5.69 Å². The number of nitrogens with one attached hydrogen (secondary N) is 1. The van der Waals surface area contributed by atoms with E-state index in [4.69, 9.17) is 5.84 Å². The molecular weight excluding hydrogens is 408 g/mol. The maximum absolute atomic E-state index is 12.6. The second kappa shape index (κ2) is 12.5. The van der Waals surface area contributed by atoms with Gasteiger partial charge >= 0.3 is 0 Å². The predicted octanol–water partition coefficient (Wildman–Crippen LogP) is 6.48. The molecule has 1 fully saturated rings. The summed E-state index contributed by atoms with van der Waals surface area (Å²) in [5.74, 6) is 7.79. The van der Waals surface area contributed by atoms with Gasteiger partial charge in [0.2, 0.25) is 0 Å². The number of hydrogen-bond donors (Lipinski definition) is 2. The van der Waals surface area contributed by atoms with Crippen molar-refractivity contribution in [1.82, 2.24) is 0 Å². The number of aryl methyl sites for hydroxylation is 2. The monoisotopic (exact) mass is 448 g/mol. The van der Waals surface area contributed by atoms with E-state index >= 15 is 0 Å². The van der Waals surface area contributed by atoms with Crippen molar-refractivity contribution in [2.24, 2.45) is 22.8 Å². The Labute approximate surface area is 199 Å². The zero-order valence-electron chi connectivity index (χ0n) is 20.5. The van der Waals surface area contributed by atoms with Crippen LogP contribution in [0, 0.1) is 11.8 Å². The van der Waals surface area contributed by atoms with Gasteiger partial charge in [-0.15, -0.1) is 0 Å². The third-order valence-corrected chi connectivity index (χ3v) is 6.99. The molecule has 1 amide bonds. The highest BCUT2D eigenvalue weighted by Gasteiger charge is 2.17. The number of fused-ring (bicyclic) bond motifs is 1. The number of hydrogen-bond acceptors (Lipinski definition) is 4. The van der Waals surface area contributed by atoms with Crippen molar-refractivity contribution in [1.29, 1.82) is 0 Å². The van der Waals surface area contributed by atoms with Gasteiger partial charge in [-0.1, -0.05) is 70.7 Å². The Morgan fingerprint density at radius 2 is 1.64 bits per heavy atom. The molecule has 0 aromatic heterocycles. The smallest absolute Gasteiger partial charge is 0.271 e. The highest BCUT2D eigenvalue weighted by Crippen LogP contribution is 2.30. The molecule has 178 valence electrons. The van der Waals surface area contributed by atoms with Crippen LogP contribution in [-0.2, 0) is 17.6 Å². The van der Waals surface area contributed by atoms with E-state index in [0.717, 1.165) is 36.1 Å². The molecule has 33 heavy (non-hydrogen) atoms. The van der Waals surface area contributed by atoms with E-state index < -0.39 is 0 Å². The van der Waals surface area contributed by atoms with Gasteiger partial charge in [-0.05, 0) is 79.3 Å². The van der Waals surface area contributed by atoms with Gasteiger partial charge in [-0.25, -0.2) is 5.84 Å². The molecule has 2 unspecified atom stereocenters. The molecule has 0 bridgehead atoms. The number of benzene rings is 2. The Kier molecular flexibility index (Phi) is 9.49. The summed E-state index contributed by atoms with van der Waals surface area (Å²) in [5, 5.41) is 8.49. The van der Waals surface area contributed by atoms with Crippen LogP contribution >= 0.6 is 0 Å². The van der Waals surface area contributed by atoms with Crippen molar-refractivity contribution in [3.8, 4) is 0 Å². The van der Waals surface area contributed by atoms with Crippen molar-refractivity contribution in [2.75, 3.05) is 10.4 Å². The highest BCUT2D eigenvalue weighted by atomic mass is 16.2. The second-order valence-corrected chi connectivity index (χ2v) is 9.46. The van der Waals surface area contributed by atoms with Gasteiger partial charge in [0, 0.05) is 5.69 Å². The van der Waals surface area contributed by atoms with E-state index in [2.05, 4.69) is 36.4 Å². The summed E-state index contributed by atoms with van der Waals surface area (Å²) in [6.07, 6.45) is 10.9. The molecular formula is C28H40N4O. The van der Waals surface area contributed by atoms with Crippen LogP contribution in [0.4, 0.5) is 11.4 Å². The van der Waals surface area contributed by atoms with E-state index in [1.54, 1.807) is 0 Å². The number of para-hydroxylation sites is 1. The SMILES string of the molecule is CC/C(=N\N(N)c1ccccc1)C(=O)Nc1ccc2c(c1)CCCCC2.CC1CCCC1C. The quantitative estimate of drug-likeness (QED) is 0.238. The lowest BCUT2D eigenvalue weighted by molar-refractivity contribution is -0.110. The lowest BCUT2D eigenvalue weighted by Crippen LogP contribution is -2.31. The Morgan fingerprint density at radius 1 is 0.970 bits per heavy atom. The highest BCUT2D eigenvalue weighted by molar-refractivity contribution is 6.43. The molecule has 1 saturated carbocycles. The molecule has 0 spiro atoms. The van der Waals surface area contributed by atoms with Gasteiger partial charge in [0.1, 0.15) is 5.71 Å². The molecule has 4 rings (SSSR count). The number of amides is 1. The van der Waals surface area contributed by atoms with E-state index in [1.807, 2.05) is 43.3 Å². The lowest BCUT2D eigenvalue weighted by atomic mass is 10.0. The van der Waals surface area contributed by atoms with Crippen LogP contribution in [-0.4, -0.2) is 11.6 Å². The molecule has 5 heteroatoms. The fourth-order valence-corrected chi connectivity index (χ4v) is 4.57. The summed E-state index contributed by atoms with van der Waals surface area (Å²) in [7, 11) is 0. The fourth-order valence-electron chi connectivity index (χ4n) is 4.57. The predicted molar refractivity (Wildman–Crippen MR) is 139 cm³/mol. The lowest BCUT2D eigenvalue weighted by Gasteiger charge is -2.15. The zero-order valence-corrected chi connectivity index (χ0v) is 20.5. The normalized spacial score (nSPS) is 20.2. The summed E-state index contributed by atoms with van der Waals surface area (Å²) in [6.45, 7) is 6.61. The topological polar surface area (TPSA) is 70.7 Å². The van der Waals surface area contributed by atoms with Crippen LogP contribution in [0.15, 0.2) is 53.6 Å². The molecule has 2 aromatic carbocycles. The maximum Gasteiger partial charge on any atom is 0.271 e. The van der Waals surface area contributed by atoms with Crippen molar-refractivity contribution >= 4 is 23.0 Å². The van der Waals surface area contributed by atoms with E-state index in [1.165, 1.54) is 54.8 Å². The van der Waals surface area contributed by atoms with Crippen LogP contribution in [0.5, 0.6) is 0 Å². The molecule has 2 atom stereocenters. The fraction of sp³-hybridized carbons (Fsp3) is 0.500. The Balaban J connectivity index is 0.000000374. The Morgan fingerprint density at radius 3 is 2.24 bits per heavy atom. The van der Waals surface area contributed by atoms with Crippen LogP contribution in [0.2, 0.25) is 0 Å². The number of nitrogens with zero attached hydrogens (tertiary/aromatic N) is 2. The molecule has 2 aliphatic carbocycles. The molecule has 0 radical (unpaired) electrons. The number of anilines is 2. The summed E-state index contributed by atoms with van der Waals surface area (Å²) >= 11 is 0. The van der Waals surface area contributed by atoms with Crippen molar-refractivity contribution in [2.45, 2.75) is 78.6 Å². The first-order valence-corrected chi connectivity index (χ1v) is 12.6. The minimum atomic E-state index is -0.215. The third kappa shape index (κ3) is 7.43. The Bertz CT molecular complexity index is 917. The Hall–Kier alpha value is -2.66. The third-order valence-electron chi connectivity index (χ3n) is 6.99. The van der Waals surface area contributed by atoms with Crippen molar-refractivity contribution in [3.63, 3.8) is 0 Å². The molecule has 2 aromatic rings. The van der Waals surface area contributed by atoms with Gasteiger partial charge in [0.25, 0.3) is 5.91 Å². The van der Waals surface area contributed by atoms with Crippen LogP contribution in [0.25, 0.3) is 0 Å². The number of nitrogens with two attached hydrogens (primary N) is 1. The number of rotatable bonds is 5. The van der Waals surface area contributed by atoms with E-state index in [0.29, 0.717) is 12.1 Å². The van der Waals surface area contributed by atoms with Crippen LogP contribution < -0.4 is 16.3 Å². The molecule has 3 N–H and O–H groups in total. The van der Waals surface area contributed by atoms with Crippen molar-refractivity contribution < 1.29 is 4.79 Å². The number of carbonyl (C=O) groups excluding carboxylic acids is 1.